The third-order valence-corrected chi connectivity index (χ3v) is 5.83. The first kappa shape index (κ1) is 30.9. The molecule has 3 heterocycles. The Labute approximate surface area is 184 Å². The molecule has 0 amide bonds. The van der Waals surface area contributed by atoms with Crippen LogP contribution in [0.2, 0.25) is 0 Å². The number of hydrogen-bond acceptors (Lipinski definition) is 6. The van der Waals surface area contributed by atoms with Crippen molar-refractivity contribution in [2.75, 3.05) is 121 Å². The van der Waals surface area contributed by atoms with E-state index in [0.29, 0.717) is 0 Å². The number of rotatable bonds is 0. The van der Waals surface area contributed by atoms with Crippen molar-refractivity contribution in [3.63, 3.8) is 0 Å². The van der Waals surface area contributed by atoms with Gasteiger partial charge in [0.15, 0.2) is 0 Å². The molecule has 0 aromatic heterocycles. The van der Waals surface area contributed by atoms with Crippen LogP contribution in [0.25, 0.3) is 0 Å². The summed E-state index contributed by atoms with van der Waals surface area (Å²) in [5.74, 6) is 0. The molecule has 3 fully saturated rings. The van der Waals surface area contributed by atoms with Crippen LogP contribution in [0.4, 0.5) is 0 Å². The van der Waals surface area contributed by atoms with Crippen LogP contribution >= 0.6 is 0 Å². The summed E-state index contributed by atoms with van der Waals surface area (Å²) >= 11 is 0. The van der Waals surface area contributed by atoms with E-state index < -0.39 is 0 Å². The lowest BCUT2D eigenvalue weighted by atomic mass is 10.3. The van der Waals surface area contributed by atoms with Crippen LogP contribution in [0.5, 0.6) is 0 Å². The molecule has 0 spiro atoms. The summed E-state index contributed by atoms with van der Waals surface area (Å²) in [6.07, 6.45) is 3.98. The van der Waals surface area contributed by atoms with Gasteiger partial charge in [0.1, 0.15) is 0 Å². The molecule has 3 rings (SSSR count). The Bertz CT molecular complexity index is 306. The van der Waals surface area contributed by atoms with Crippen molar-refractivity contribution < 1.29 is 0 Å². The molecule has 0 unspecified atom stereocenters. The molecule has 0 aliphatic carbocycles. The molecule has 6 heteroatoms. The molecule has 0 radical (unpaired) electrons. The lowest BCUT2D eigenvalue weighted by molar-refractivity contribution is 0.181. The van der Waals surface area contributed by atoms with E-state index in [0.717, 1.165) is 0 Å². The molecule has 3 aliphatic rings. The first-order chi connectivity index (χ1) is 12.9. The highest BCUT2D eigenvalue weighted by Gasteiger charge is 2.08. The van der Waals surface area contributed by atoms with Crippen molar-refractivity contribution in [1.29, 1.82) is 0 Å². The highest BCUT2D eigenvalue weighted by molar-refractivity contribution is 4.65. The lowest BCUT2D eigenvalue weighted by Crippen LogP contribution is -2.42. The van der Waals surface area contributed by atoms with Gasteiger partial charge in [0.2, 0.25) is 0 Å². The highest BCUT2D eigenvalue weighted by Crippen LogP contribution is 1.99. The molecule has 0 aromatic rings. The number of piperazine rings is 1. The first-order valence-corrected chi connectivity index (χ1v) is 11.0. The Morgan fingerprint density at radius 3 is 0.621 bits per heavy atom. The average molecular weight is 417 g/mol. The molecular weight excluding hydrogens is 360 g/mol. The highest BCUT2D eigenvalue weighted by atomic mass is 15.2. The van der Waals surface area contributed by atoms with Gasteiger partial charge in [-0.3, -0.25) is 0 Å². The van der Waals surface area contributed by atoms with E-state index >= 15 is 0 Å². The van der Waals surface area contributed by atoms with Gasteiger partial charge in [-0.05, 0) is 101 Å². The predicted molar refractivity (Wildman–Crippen MR) is 132 cm³/mol. The van der Waals surface area contributed by atoms with Gasteiger partial charge in [0.25, 0.3) is 0 Å². The zero-order valence-electron chi connectivity index (χ0n) is 19.3. The van der Waals surface area contributed by atoms with E-state index in [1.807, 2.05) is 0 Å². The third-order valence-electron chi connectivity index (χ3n) is 5.83. The van der Waals surface area contributed by atoms with E-state index in [4.69, 9.17) is 0 Å². The molecule has 0 saturated carbocycles. The van der Waals surface area contributed by atoms with E-state index in [-0.39, 0.29) is 14.9 Å². The maximum absolute atomic E-state index is 2.42. The summed E-state index contributed by atoms with van der Waals surface area (Å²) in [6, 6.07) is 0. The predicted octanol–water partition coefficient (Wildman–Crippen LogP) is 2.03. The van der Waals surface area contributed by atoms with Gasteiger partial charge in [-0.25, -0.2) is 0 Å². The van der Waals surface area contributed by atoms with Crippen molar-refractivity contribution in [3.8, 4) is 0 Å². The van der Waals surface area contributed by atoms with Crippen molar-refractivity contribution in [2.45, 2.75) is 34.1 Å². The number of nitrogens with zero attached hydrogens (tertiary/aromatic N) is 6. The minimum absolute atomic E-state index is 0. The average Bonchev–Trinajstić information content (AvgIpc) is 2.81. The summed E-state index contributed by atoms with van der Waals surface area (Å²) in [6.45, 7) is 15.0. The van der Waals surface area contributed by atoms with Crippen LogP contribution < -0.4 is 0 Å². The van der Waals surface area contributed by atoms with E-state index in [1.54, 1.807) is 0 Å². The largest absolute Gasteiger partial charge is 0.306 e. The van der Waals surface area contributed by atoms with Gasteiger partial charge < -0.3 is 29.4 Å². The van der Waals surface area contributed by atoms with Gasteiger partial charge in [0.05, 0.1) is 0 Å². The summed E-state index contributed by atoms with van der Waals surface area (Å²) in [5.41, 5.74) is 0. The molecule has 0 bridgehead atoms. The molecule has 6 nitrogen and oxygen atoms in total. The second-order valence-corrected chi connectivity index (χ2v) is 8.88. The van der Waals surface area contributed by atoms with E-state index in [2.05, 4.69) is 71.7 Å². The minimum Gasteiger partial charge on any atom is -0.306 e. The number of likely N-dealkylation sites (N-methyl/N-ethyl adjacent to an activating group) is 4. The zero-order chi connectivity index (χ0) is 20.1. The van der Waals surface area contributed by atoms with Crippen LogP contribution in [0.1, 0.15) is 34.1 Å². The molecule has 0 N–H and O–H groups in total. The topological polar surface area (TPSA) is 19.4 Å². The van der Waals surface area contributed by atoms with Gasteiger partial charge >= 0.3 is 0 Å². The van der Waals surface area contributed by atoms with Crippen molar-refractivity contribution in [3.05, 3.63) is 0 Å². The Morgan fingerprint density at radius 1 is 0.276 bits per heavy atom. The van der Waals surface area contributed by atoms with Gasteiger partial charge in [-0.2, -0.15) is 0 Å². The van der Waals surface area contributed by atoms with Gasteiger partial charge in [-0.1, -0.05) is 14.9 Å². The molecule has 29 heavy (non-hydrogen) atoms. The fraction of sp³-hybridized carbons (Fsp3) is 1.00. The standard InChI is InChI=1S/C8H18N2.C7H16N2.C6H14N2.2CH4/c1-9-5-3-7-10(2)8-4-6-9;1-8-4-3-5-9(2)7-6-8;1-7-3-5-8(2)6-4-7;;/h3-8H2,1-2H3;3-7H2,1-2H3;3-6H2,1-2H3;2*1H4. The summed E-state index contributed by atoms with van der Waals surface area (Å²) < 4.78 is 0. The Hall–Kier alpha value is -0.240. The van der Waals surface area contributed by atoms with Crippen molar-refractivity contribution in [1.82, 2.24) is 29.4 Å². The van der Waals surface area contributed by atoms with Crippen molar-refractivity contribution >= 4 is 0 Å². The molecule has 0 aromatic carbocycles. The fourth-order valence-electron chi connectivity index (χ4n) is 3.53. The summed E-state index contributed by atoms with van der Waals surface area (Å²) in [7, 11) is 13.2. The number of hydrogen-bond donors (Lipinski definition) is 0. The zero-order valence-corrected chi connectivity index (χ0v) is 19.3. The normalized spacial score (nSPS) is 24.2. The maximum atomic E-state index is 2.42. The van der Waals surface area contributed by atoms with Gasteiger partial charge in [0, 0.05) is 39.3 Å². The SMILES string of the molecule is C.C.CN1CCCN(C)CC1.CN1CCCN(C)CCC1.CN1CCN(C)CC1. The van der Waals surface area contributed by atoms with E-state index in [1.165, 1.54) is 97.8 Å². The molecule has 3 aliphatic heterocycles. The van der Waals surface area contributed by atoms with Crippen LogP contribution in [0.15, 0.2) is 0 Å². The summed E-state index contributed by atoms with van der Waals surface area (Å²) in [5, 5.41) is 0. The van der Waals surface area contributed by atoms with Gasteiger partial charge in [-0.15, -0.1) is 0 Å². The Morgan fingerprint density at radius 2 is 0.414 bits per heavy atom. The van der Waals surface area contributed by atoms with Crippen molar-refractivity contribution in [2.24, 2.45) is 0 Å². The molecule has 3 saturated heterocycles. The van der Waals surface area contributed by atoms with Crippen LogP contribution in [0.3, 0.4) is 0 Å². The van der Waals surface area contributed by atoms with Crippen LogP contribution in [-0.2, 0) is 0 Å². The minimum atomic E-state index is 0. The second kappa shape index (κ2) is 18.5. The quantitative estimate of drug-likeness (QED) is 0.598. The molecule has 178 valence electrons. The molecule has 0 atom stereocenters. The first-order valence-electron chi connectivity index (χ1n) is 11.0. The monoisotopic (exact) mass is 416 g/mol. The smallest absolute Gasteiger partial charge is 0.0107 e. The Balaban J connectivity index is 0. The maximum Gasteiger partial charge on any atom is 0.0107 e. The Kier molecular flexibility index (Phi) is 19.8. The second-order valence-electron chi connectivity index (χ2n) is 8.88. The lowest BCUT2D eigenvalue weighted by Gasteiger charge is -2.28. The summed E-state index contributed by atoms with van der Waals surface area (Å²) in [4.78, 5) is 14.4. The third kappa shape index (κ3) is 17.2. The molecular formula is C23H56N6. The van der Waals surface area contributed by atoms with Crippen LogP contribution in [-0.4, -0.2) is 150 Å². The fourth-order valence-corrected chi connectivity index (χ4v) is 3.53. The van der Waals surface area contributed by atoms with E-state index in [9.17, 15) is 0 Å². The van der Waals surface area contributed by atoms with Crippen LogP contribution in [0, 0.1) is 0 Å².